The molecule has 0 radical (unpaired) electrons. The zero-order chi connectivity index (χ0) is 41.6. The van der Waals surface area contributed by atoms with Gasteiger partial charge in [0.25, 0.3) is 0 Å². The molecule has 0 saturated carbocycles. The maximum atomic E-state index is 5.48. The third-order valence-corrected chi connectivity index (χ3v) is 13.0. The molecule has 2 aliphatic rings. The Morgan fingerprint density at radius 1 is 0.500 bits per heavy atom. The first kappa shape index (κ1) is 37.5. The van der Waals surface area contributed by atoms with Gasteiger partial charge in [-0.2, -0.15) is 0 Å². The first-order valence-corrected chi connectivity index (χ1v) is 21.9. The average molecular weight is 798 g/mol. The number of aromatic nitrogens is 2. The lowest BCUT2D eigenvalue weighted by Crippen LogP contribution is -2.15. The van der Waals surface area contributed by atoms with Crippen LogP contribution in [0.3, 0.4) is 0 Å². The van der Waals surface area contributed by atoms with E-state index in [-0.39, 0.29) is 5.41 Å². The molecular weight excluding hydrogens is 751 g/mol. The van der Waals surface area contributed by atoms with Crippen molar-refractivity contribution in [1.82, 2.24) is 9.55 Å². The highest BCUT2D eigenvalue weighted by Crippen LogP contribution is 2.49. The van der Waals surface area contributed by atoms with E-state index in [2.05, 4.69) is 230 Å². The van der Waals surface area contributed by atoms with Crippen LogP contribution in [0, 0.1) is 0 Å². The number of allylic oxidation sites excluding steroid dienone is 3. The average Bonchev–Trinajstić information content (AvgIpc) is 3.97. The zero-order valence-electron chi connectivity index (χ0n) is 35.1. The maximum Gasteiger partial charge on any atom is 0.0712 e. The lowest BCUT2D eigenvalue weighted by molar-refractivity contribution is 0.660. The first-order valence-electron chi connectivity index (χ1n) is 21.9. The highest BCUT2D eigenvalue weighted by molar-refractivity contribution is 6.15. The van der Waals surface area contributed by atoms with Gasteiger partial charge in [0.1, 0.15) is 0 Å². The molecule has 0 atom stereocenters. The fraction of sp³-hybridized carbons (Fsp3) is 0.102. The molecule has 10 aromatic rings. The smallest absolute Gasteiger partial charge is 0.0712 e. The maximum absolute atomic E-state index is 5.48. The fourth-order valence-corrected chi connectivity index (χ4v) is 9.85. The largest absolute Gasteiger partial charge is 0.355 e. The number of aliphatic imine (C=N–C) groups is 1. The van der Waals surface area contributed by atoms with Crippen molar-refractivity contribution in [3.8, 4) is 16.8 Å². The molecule has 1 N–H and O–H groups in total. The second-order valence-corrected chi connectivity index (χ2v) is 17.1. The zero-order valence-corrected chi connectivity index (χ0v) is 35.1. The summed E-state index contributed by atoms with van der Waals surface area (Å²) in [4.78, 5) is 8.86. The summed E-state index contributed by atoms with van der Waals surface area (Å²) in [7, 11) is 0. The van der Waals surface area contributed by atoms with E-state index in [4.69, 9.17) is 4.99 Å². The van der Waals surface area contributed by atoms with Crippen molar-refractivity contribution in [2.24, 2.45) is 4.99 Å². The van der Waals surface area contributed by atoms with Crippen LogP contribution in [-0.2, 0) is 5.41 Å². The minimum absolute atomic E-state index is 0.0811. The van der Waals surface area contributed by atoms with E-state index in [0.29, 0.717) is 0 Å². The summed E-state index contributed by atoms with van der Waals surface area (Å²) in [6.45, 7) is 4.70. The Hall–Kier alpha value is -7.49. The van der Waals surface area contributed by atoms with Crippen LogP contribution in [0.5, 0.6) is 0 Å². The van der Waals surface area contributed by atoms with Gasteiger partial charge in [-0.3, -0.25) is 0 Å². The minimum Gasteiger partial charge on any atom is -0.355 e. The summed E-state index contributed by atoms with van der Waals surface area (Å²) < 4.78 is 2.41. The second-order valence-electron chi connectivity index (χ2n) is 17.1. The van der Waals surface area contributed by atoms with Crippen LogP contribution in [0.2, 0.25) is 0 Å². The number of rotatable bonds is 4. The van der Waals surface area contributed by atoms with E-state index in [0.717, 1.165) is 41.8 Å². The molecule has 62 heavy (non-hydrogen) atoms. The van der Waals surface area contributed by atoms with E-state index in [1.807, 2.05) is 0 Å². The Bertz CT molecular complexity index is 3300. The molecule has 0 amide bonds. The van der Waals surface area contributed by atoms with Crippen molar-refractivity contribution >= 4 is 60.6 Å². The molecule has 0 bridgehead atoms. The molecule has 12 rings (SSSR count). The quantitative estimate of drug-likeness (QED) is 0.184. The van der Waals surface area contributed by atoms with Crippen LogP contribution in [0.25, 0.3) is 71.7 Å². The monoisotopic (exact) mass is 797 g/mol. The number of nitrogens with one attached hydrogen (secondary N) is 1. The molecule has 8 aromatic carbocycles. The molecule has 3 heteroatoms. The number of benzene rings is 8. The van der Waals surface area contributed by atoms with Crippen LogP contribution in [0.1, 0.15) is 60.9 Å². The Morgan fingerprint density at radius 2 is 1.10 bits per heavy atom. The van der Waals surface area contributed by atoms with Crippen LogP contribution < -0.4 is 0 Å². The summed E-state index contributed by atoms with van der Waals surface area (Å²) >= 11 is 0. The summed E-state index contributed by atoms with van der Waals surface area (Å²) in [5, 5.41) is 5.16. The number of para-hydroxylation sites is 4. The summed E-state index contributed by atoms with van der Waals surface area (Å²) in [5.41, 5.74) is 18.3. The van der Waals surface area contributed by atoms with E-state index < -0.39 is 0 Å². The van der Waals surface area contributed by atoms with Gasteiger partial charge in [0, 0.05) is 49.2 Å². The number of aromatic amines is 1. The summed E-state index contributed by atoms with van der Waals surface area (Å²) in [6, 6.07) is 69.8. The lowest BCUT2D eigenvalue weighted by Gasteiger charge is -2.22. The normalized spacial score (nSPS) is 17.0. The molecule has 0 saturated heterocycles. The predicted molar refractivity (Wildman–Crippen MR) is 263 cm³/mol. The second kappa shape index (κ2) is 15.5. The Morgan fingerprint density at radius 3 is 1.82 bits per heavy atom. The van der Waals surface area contributed by atoms with Gasteiger partial charge >= 0.3 is 0 Å². The number of H-pyrrole nitrogens is 1. The van der Waals surface area contributed by atoms with Crippen LogP contribution in [0.4, 0.5) is 0 Å². The molecule has 3 heterocycles. The molecule has 1 aliphatic carbocycles. The van der Waals surface area contributed by atoms with E-state index in [1.165, 1.54) is 82.7 Å². The SMILES string of the molecule is CC1(C)c2ccccc2-c2ccc(C3=N/C(c4ccccc4)=C\CCC/C(c4cccc(-n5c6ccccc6c6ccccc65)c4)=C\3)cc21.c1ccc2c(c1)[nH]c1ccccc12. The Kier molecular flexibility index (Phi) is 9.39. The molecule has 298 valence electrons. The molecule has 2 aromatic heterocycles. The minimum atomic E-state index is -0.0811. The molecule has 0 fully saturated rings. The van der Waals surface area contributed by atoms with Gasteiger partial charge < -0.3 is 9.55 Å². The molecule has 0 spiro atoms. The van der Waals surface area contributed by atoms with Gasteiger partial charge in [-0.25, -0.2) is 4.99 Å². The fourth-order valence-electron chi connectivity index (χ4n) is 9.85. The van der Waals surface area contributed by atoms with Crippen LogP contribution >= 0.6 is 0 Å². The van der Waals surface area contributed by atoms with Gasteiger partial charge in [-0.15, -0.1) is 0 Å². The lowest BCUT2D eigenvalue weighted by atomic mass is 9.81. The molecule has 0 unspecified atom stereocenters. The topological polar surface area (TPSA) is 33.1 Å². The first-order chi connectivity index (χ1) is 30.5. The number of hydrogen-bond donors (Lipinski definition) is 1. The van der Waals surface area contributed by atoms with E-state index >= 15 is 0 Å². The number of fused-ring (bicyclic) bond motifs is 9. The van der Waals surface area contributed by atoms with Gasteiger partial charge in [0.15, 0.2) is 0 Å². The van der Waals surface area contributed by atoms with E-state index in [1.54, 1.807) is 0 Å². The summed E-state index contributed by atoms with van der Waals surface area (Å²) in [5.74, 6) is 0. The third kappa shape index (κ3) is 6.58. The Labute approximate surface area is 363 Å². The van der Waals surface area contributed by atoms with Crippen molar-refractivity contribution in [3.63, 3.8) is 0 Å². The predicted octanol–water partition coefficient (Wildman–Crippen LogP) is 15.5. The van der Waals surface area contributed by atoms with Crippen molar-refractivity contribution in [3.05, 3.63) is 234 Å². The number of hydrogen-bond acceptors (Lipinski definition) is 1. The highest BCUT2D eigenvalue weighted by atomic mass is 15.0. The van der Waals surface area contributed by atoms with Gasteiger partial charge in [0.05, 0.1) is 22.4 Å². The van der Waals surface area contributed by atoms with Gasteiger partial charge in [-0.05, 0) is 107 Å². The van der Waals surface area contributed by atoms with Crippen LogP contribution in [0.15, 0.2) is 211 Å². The molecule has 3 nitrogen and oxygen atoms in total. The van der Waals surface area contributed by atoms with Crippen molar-refractivity contribution in [2.75, 3.05) is 0 Å². The van der Waals surface area contributed by atoms with Crippen molar-refractivity contribution < 1.29 is 0 Å². The van der Waals surface area contributed by atoms with E-state index in [9.17, 15) is 0 Å². The van der Waals surface area contributed by atoms with Gasteiger partial charge in [0.2, 0.25) is 0 Å². The molecular formula is C59H47N3. The Balaban J connectivity index is 0.000000281. The number of nitrogens with zero attached hydrogens (tertiary/aromatic N) is 2. The van der Waals surface area contributed by atoms with Crippen LogP contribution in [-0.4, -0.2) is 15.3 Å². The standard InChI is InChI=1S/C47H38N2.C12H9N/c1-47(2)41-23-10-7-20-37(41)38-28-27-35(30-42(38)47)44-31-34(17-6-11-24-43(48-44)32-15-4-3-5-16-32)33-18-14-19-36(29-33)49-45-25-12-8-21-39(45)40-22-9-13-26-46(40)49;1-3-7-11-9(5-1)10-6-2-4-8-12(10)13-11/h3-5,7-10,12-16,18-31H,6,11,17H2,1-2H3;1-8,13H/b34-31+,43-24-,48-44+;. The third-order valence-electron chi connectivity index (χ3n) is 13.0. The summed E-state index contributed by atoms with van der Waals surface area (Å²) in [6.07, 6.45) is 7.68. The van der Waals surface area contributed by atoms with Crippen molar-refractivity contribution in [1.29, 1.82) is 0 Å². The molecule has 1 aliphatic heterocycles. The van der Waals surface area contributed by atoms with Crippen molar-refractivity contribution in [2.45, 2.75) is 38.5 Å². The van der Waals surface area contributed by atoms with Gasteiger partial charge in [-0.1, -0.05) is 172 Å². The highest BCUT2D eigenvalue weighted by Gasteiger charge is 2.35.